The number of nitrogens with zero attached hydrogens (tertiary/aromatic N) is 3. The van der Waals surface area contributed by atoms with Crippen LogP contribution >= 0.6 is 0 Å². The van der Waals surface area contributed by atoms with Crippen LogP contribution in [0.3, 0.4) is 0 Å². The third kappa shape index (κ3) is 2.15. The molecular formula is C20H19N5O. The van der Waals surface area contributed by atoms with Crippen LogP contribution in [-0.2, 0) is 0 Å². The largest absolute Gasteiger partial charge is 0.384 e. The lowest BCUT2D eigenvalue weighted by atomic mass is 10.1. The molecule has 0 spiro atoms. The van der Waals surface area contributed by atoms with Gasteiger partial charge in [0.15, 0.2) is 0 Å². The lowest BCUT2D eigenvalue weighted by Gasteiger charge is -2.14. The number of fused-ring (bicyclic) bond motifs is 2. The third-order valence-corrected chi connectivity index (χ3v) is 4.85. The Morgan fingerprint density at radius 2 is 1.85 bits per heavy atom. The summed E-state index contributed by atoms with van der Waals surface area (Å²) in [6.07, 6.45) is 1.75. The van der Waals surface area contributed by atoms with E-state index in [2.05, 4.69) is 4.98 Å². The molecule has 26 heavy (non-hydrogen) atoms. The minimum Gasteiger partial charge on any atom is -0.384 e. The highest BCUT2D eigenvalue weighted by Gasteiger charge is 2.23. The Kier molecular flexibility index (Phi) is 3.44. The van der Waals surface area contributed by atoms with Crippen LogP contribution in [0.2, 0.25) is 0 Å². The summed E-state index contributed by atoms with van der Waals surface area (Å²) in [6, 6.07) is 9.74. The van der Waals surface area contributed by atoms with Gasteiger partial charge in [0.05, 0.1) is 16.8 Å². The molecule has 0 bridgehead atoms. The number of carbonyl (C=O) groups excluding carboxylic acids is 1. The molecule has 0 aliphatic heterocycles. The molecule has 1 aromatic carbocycles. The van der Waals surface area contributed by atoms with E-state index in [9.17, 15) is 4.79 Å². The van der Waals surface area contributed by atoms with Crippen molar-refractivity contribution in [1.82, 2.24) is 14.5 Å². The van der Waals surface area contributed by atoms with Crippen LogP contribution in [-0.4, -0.2) is 20.4 Å². The van der Waals surface area contributed by atoms with Crippen molar-refractivity contribution in [3.05, 3.63) is 58.9 Å². The van der Waals surface area contributed by atoms with E-state index in [1.54, 1.807) is 6.20 Å². The first-order valence-electron chi connectivity index (χ1n) is 8.32. The van der Waals surface area contributed by atoms with Crippen molar-refractivity contribution in [2.45, 2.75) is 20.8 Å². The van der Waals surface area contributed by atoms with E-state index in [1.165, 1.54) is 0 Å². The maximum absolute atomic E-state index is 12.1. The number of carbonyl (C=O) groups is 1. The summed E-state index contributed by atoms with van der Waals surface area (Å²) < 4.78 is 1.82. The lowest BCUT2D eigenvalue weighted by molar-refractivity contribution is 0.100. The van der Waals surface area contributed by atoms with Crippen LogP contribution in [0.5, 0.6) is 0 Å². The van der Waals surface area contributed by atoms with Crippen LogP contribution in [0.4, 0.5) is 5.82 Å². The Morgan fingerprint density at radius 1 is 1.08 bits per heavy atom. The average Bonchev–Trinajstić information content (AvgIpc) is 2.87. The normalized spacial score (nSPS) is 11.3. The van der Waals surface area contributed by atoms with Gasteiger partial charge in [-0.25, -0.2) is 4.98 Å². The zero-order valence-electron chi connectivity index (χ0n) is 14.9. The summed E-state index contributed by atoms with van der Waals surface area (Å²) in [7, 11) is 0. The predicted molar refractivity (Wildman–Crippen MR) is 104 cm³/mol. The second-order valence-corrected chi connectivity index (χ2v) is 6.52. The Bertz CT molecular complexity index is 1210. The summed E-state index contributed by atoms with van der Waals surface area (Å²) in [5, 5.41) is 1.60. The van der Waals surface area contributed by atoms with Gasteiger partial charge in [-0.05, 0) is 56.2 Å². The Morgan fingerprint density at radius 3 is 2.58 bits per heavy atom. The van der Waals surface area contributed by atoms with E-state index in [0.29, 0.717) is 22.4 Å². The number of hydrogen-bond acceptors (Lipinski definition) is 4. The smallest absolute Gasteiger partial charge is 0.253 e. The number of benzene rings is 1. The van der Waals surface area contributed by atoms with Crippen molar-refractivity contribution in [3.63, 3.8) is 0 Å². The molecule has 0 atom stereocenters. The number of nitrogen functional groups attached to an aromatic ring is 1. The summed E-state index contributed by atoms with van der Waals surface area (Å²) in [6.45, 7) is 5.88. The van der Waals surface area contributed by atoms with Gasteiger partial charge in [-0.2, -0.15) is 0 Å². The average molecular weight is 345 g/mol. The highest BCUT2D eigenvalue weighted by Crippen LogP contribution is 2.35. The summed E-state index contributed by atoms with van der Waals surface area (Å²) in [4.78, 5) is 21.3. The number of nitrogens with two attached hydrogens (primary N) is 2. The number of pyridine rings is 2. The van der Waals surface area contributed by atoms with E-state index in [1.807, 2.05) is 55.7 Å². The zero-order valence-corrected chi connectivity index (χ0v) is 14.9. The highest BCUT2D eigenvalue weighted by molar-refractivity contribution is 6.11. The number of primary amides is 1. The number of anilines is 1. The van der Waals surface area contributed by atoms with Crippen molar-refractivity contribution >= 4 is 33.7 Å². The molecule has 4 N–H and O–H groups in total. The molecule has 130 valence electrons. The van der Waals surface area contributed by atoms with Gasteiger partial charge in [0.25, 0.3) is 5.91 Å². The topological polar surface area (TPSA) is 99.8 Å². The number of aromatic nitrogens is 3. The van der Waals surface area contributed by atoms with E-state index >= 15 is 0 Å². The van der Waals surface area contributed by atoms with Crippen LogP contribution in [0, 0.1) is 20.8 Å². The standard InChI is InChI=1S/C20H19N5O/c1-10-6-7-15-13(5-4-8-23-15)17(10)25-18(21)16(19(22)26)14-9-11(2)12(3)24-20(14)25/h4-9H,21H2,1-3H3,(H2,22,26). The summed E-state index contributed by atoms with van der Waals surface area (Å²) in [5.74, 6) is -0.267. The van der Waals surface area contributed by atoms with Crippen LogP contribution < -0.4 is 11.5 Å². The van der Waals surface area contributed by atoms with Crippen LogP contribution in [0.1, 0.15) is 27.2 Å². The number of aryl methyl sites for hydroxylation is 3. The molecule has 0 aliphatic rings. The quantitative estimate of drug-likeness (QED) is 0.583. The molecule has 0 unspecified atom stereocenters. The molecule has 6 heteroatoms. The molecule has 1 amide bonds. The third-order valence-electron chi connectivity index (χ3n) is 4.85. The van der Waals surface area contributed by atoms with Crippen molar-refractivity contribution in [1.29, 1.82) is 0 Å². The second kappa shape index (κ2) is 5.56. The van der Waals surface area contributed by atoms with Gasteiger partial charge >= 0.3 is 0 Å². The molecule has 3 aromatic heterocycles. The molecule has 0 saturated heterocycles. The number of amides is 1. The molecule has 6 nitrogen and oxygen atoms in total. The molecule has 4 rings (SSSR count). The first-order valence-corrected chi connectivity index (χ1v) is 8.32. The van der Waals surface area contributed by atoms with Crippen molar-refractivity contribution in [2.75, 3.05) is 5.73 Å². The maximum Gasteiger partial charge on any atom is 0.253 e. The van der Waals surface area contributed by atoms with E-state index in [4.69, 9.17) is 16.5 Å². The van der Waals surface area contributed by atoms with Gasteiger partial charge in [-0.3, -0.25) is 14.3 Å². The maximum atomic E-state index is 12.1. The SMILES string of the molecule is Cc1cc2c(C(N)=O)c(N)n(-c3c(C)ccc4ncccc34)c2nc1C. The summed E-state index contributed by atoms with van der Waals surface area (Å²) in [5.41, 5.74) is 17.5. The first-order chi connectivity index (χ1) is 12.4. The minimum absolute atomic E-state index is 0.296. The Labute approximate surface area is 150 Å². The van der Waals surface area contributed by atoms with Crippen molar-refractivity contribution < 1.29 is 4.79 Å². The fourth-order valence-corrected chi connectivity index (χ4v) is 3.44. The van der Waals surface area contributed by atoms with Gasteiger partial charge in [0.1, 0.15) is 11.5 Å². The number of rotatable bonds is 2. The highest BCUT2D eigenvalue weighted by atomic mass is 16.1. The monoisotopic (exact) mass is 345 g/mol. The Hall–Kier alpha value is -3.41. The fraction of sp³-hybridized carbons (Fsp3) is 0.150. The molecular weight excluding hydrogens is 326 g/mol. The van der Waals surface area contributed by atoms with Gasteiger partial charge in [-0.15, -0.1) is 0 Å². The van der Waals surface area contributed by atoms with E-state index in [-0.39, 0.29) is 0 Å². The zero-order chi connectivity index (χ0) is 18.6. The van der Waals surface area contributed by atoms with Crippen LogP contribution in [0.25, 0.3) is 27.6 Å². The van der Waals surface area contributed by atoms with E-state index in [0.717, 1.165) is 33.4 Å². The van der Waals surface area contributed by atoms with Crippen molar-refractivity contribution in [3.8, 4) is 5.69 Å². The predicted octanol–water partition coefficient (Wildman–Crippen LogP) is 3.18. The molecule has 3 heterocycles. The van der Waals surface area contributed by atoms with Gasteiger partial charge in [-0.1, -0.05) is 6.07 Å². The molecule has 0 fully saturated rings. The van der Waals surface area contributed by atoms with Gasteiger partial charge in [0.2, 0.25) is 0 Å². The Balaban J connectivity index is 2.24. The van der Waals surface area contributed by atoms with E-state index < -0.39 is 5.91 Å². The molecule has 0 radical (unpaired) electrons. The minimum atomic E-state index is -0.563. The molecule has 0 aliphatic carbocycles. The number of hydrogen-bond donors (Lipinski definition) is 2. The molecule has 4 aromatic rings. The summed E-state index contributed by atoms with van der Waals surface area (Å²) >= 11 is 0. The van der Waals surface area contributed by atoms with Crippen molar-refractivity contribution in [2.24, 2.45) is 5.73 Å². The lowest BCUT2D eigenvalue weighted by Crippen LogP contribution is -2.14. The van der Waals surface area contributed by atoms with Crippen LogP contribution in [0.15, 0.2) is 36.5 Å². The molecule has 0 saturated carbocycles. The second-order valence-electron chi connectivity index (χ2n) is 6.52. The fourth-order valence-electron chi connectivity index (χ4n) is 3.44. The van der Waals surface area contributed by atoms with Gasteiger partial charge < -0.3 is 11.5 Å². The first kappa shape index (κ1) is 16.1. The van der Waals surface area contributed by atoms with Gasteiger partial charge in [0, 0.05) is 22.7 Å².